The van der Waals surface area contributed by atoms with Crippen LogP contribution in [0.1, 0.15) is 29.9 Å². The summed E-state index contributed by atoms with van der Waals surface area (Å²) in [5, 5.41) is 0. The van der Waals surface area contributed by atoms with E-state index in [2.05, 4.69) is 35.9 Å². The van der Waals surface area contributed by atoms with Gasteiger partial charge in [0.15, 0.2) is 0 Å². The molecule has 3 N–H and O–H groups in total. The van der Waals surface area contributed by atoms with E-state index in [1.54, 1.807) is 0 Å². The van der Waals surface area contributed by atoms with E-state index in [1.165, 1.54) is 29.7 Å². The second kappa shape index (κ2) is 5.71. The van der Waals surface area contributed by atoms with E-state index in [4.69, 9.17) is 5.84 Å². The third-order valence-corrected chi connectivity index (χ3v) is 4.08. The molecule has 2 rings (SSSR count). The molecule has 2 unspecified atom stereocenters. The molecule has 0 aliphatic heterocycles. The van der Waals surface area contributed by atoms with E-state index in [0.717, 1.165) is 12.3 Å². The van der Waals surface area contributed by atoms with Crippen LogP contribution in [-0.2, 0) is 6.42 Å². The number of nitrogens with one attached hydrogen (secondary N) is 1. The van der Waals surface area contributed by atoms with Gasteiger partial charge in [-0.05, 0) is 48.3 Å². The molecule has 1 aliphatic rings. The summed E-state index contributed by atoms with van der Waals surface area (Å²) in [7, 11) is 0. The maximum absolute atomic E-state index is 5.60. The van der Waals surface area contributed by atoms with E-state index in [9.17, 15) is 0 Å². The maximum Gasteiger partial charge on any atom is 0.0224 e. The van der Waals surface area contributed by atoms with E-state index in [1.807, 2.05) is 11.8 Å². The molecule has 0 heterocycles. The normalized spacial score (nSPS) is 20.0. The Kier molecular flexibility index (Phi) is 4.27. The highest BCUT2D eigenvalue weighted by molar-refractivity contribution is 7.98. The van der Waals surface area contributed by atoms with Crippen molar-refractivity contribution >= 4 is 11.8 Å². The topological polar surface area (TPSA) is 38.0 Å². The second-order valence-corrected chi connectivity index (χ2v) is 5.47. The van der Waals surface area contributed by atoms with Crippen LogP contribution in [0.25, 0.3) is 0 Å². The van der Waals surface area contributed by atoms with Crippen molar-refractivity contribution in [3.8, 4) is 0 Å². The SMILES string of the molecule is CSCCC(CC1Cc2ccccc21)NN. The van der Waals surface area contributed by atoms with E-state index in [0.29, 0.717) is 6.04 Å². The lowest BCUT2D eigenvalue weighted by atomic mass is 9.74. The summed E-state index contributed by atoms with van der Waals surface area (Å²) in [6.45, 7) is 0. The Morgan fingerprint density at radius 1 is 1.50 bits per heavy atom. The number of hydrogen-bond acceptors (Lipinski definition) is 3. The van der Waals surface area contributed by atoms with Gasteiger partial charge in [-0.25, -0.2) is 0 Å². The molecule has 1 aromatic carbocycles. The minimum absolute atomic E-state index is 0.464. The van der Waals surface area contributed by atoms with Gasteiger partial charge in [-0.15, -0.1) is 0 Å². The highest BCUT2D eigenvalue weighted by Crippen LogP contribution is 2.38. The van der Waals surface area contributed by atoms with Crippen molar-refractivity contribution in [2.75, 3.05) is 12.0 Å². The van der Waals surface area contributed by atoms with Gasteiger partial charge in [-0.3, -0.25) is 11.3 Å². The van der Waals surface area contributed by atoms with Crippen LogP contribution in [0.2, 0.25) is 0 Å². The van der Waals surface area contributed by atoms with Crippen molar-refractivity contribution < 1.29 is 0 Å². The Balaban J connectivity index is 1.87. The van der Waals surface area contributed by atoms with Crippen LogP contribution in [0.3, 0.4) is 0 Å². The number of thioether (sulfide) groups is 1. The molecule has 0 saturated heterocycles. The average molecular weight is 236 g/mol. The van der Waals surface area contributed by atoms with Crippen molar-refractivity contribution in [1.29, 1.82) is 0 Å². The lowest BCUT2D eigenvalue weighted by Crippen LogP contribution is -2.38. The number of hydrazine groups is 1. The monoisotopic (exact) mass is 236 g/mol. The summed E-state index contributed by atoms with van der Waals surface area (Å²) in [5.41, 5.74) is 6.01. The molecule has 88 valence electrons. The van der Waals surface area contributed by atoms with Crippen LogP contribution < -0.4 is 11.3 Å². The summed E-state index contributed by atoms with van der Waals surface area (Å²) < 4.78 is 0. The Morgan fingerprint density at radius 3 is 3.00 bits per heavy atom. The standard InChI is InChI=1S/C13H20N2S/c1-16-7-6-12(15-14)9-11-8-10-4-2-3-5-13(10)11/h2-5,11-12,15H,6-9,14H2,1H3. The third-order valence-electron chi connectivity index (χ3n) is 3.44. The minimum Gasteiger partial charge on any atom is -0.271 e. The number of nitrogens with two attached hydrogens (primary N) is 1. The predicted molar refractivity (Wildman–Crippen MR) is 71.6 cm³/mol. The van der Waals surface area contributed by atoms with Gasteiger partial charge in [-0.2, -0.15) is 11.8 Å². The Bertz CT molecular complexity index is 340. The molecule has 1 aliphatic carbocycles. The van der Waals surface area contributed by atoms with Crippen LogP contribution in [0.4, 0.5) is 0 Å². The molecule has 16 heavy (non-hydrogen) atoms. The van der Waals surface area contributed by atoms with Gasteiger partial charge in [-0.1, -0.05) is 24.3 Å². The molecule has 0 fully saturated rings. The van der Waals surface area contributed by atoms with Crippen molar-refractivity contribution in [3.63, 3.8) is 0 Å². The lowest BCUT2D eigenvalue weighted by molar-refractivity contribution is 0.417. The van der Waals surface area contributed by atoms with Gasteiger partial charge >= 0.3 is 0 Å². The highest BCUT2D eigenvalue weighted by Gasteiger charge is 2.27. The van der Waals surface area contributed by atoms with Crippen LogP contribution in [-0.4, -0.2) is 18.1 Å². The fourth-order valence-electron chi connectivity index (χ4n) is 2.45. The average Bonchev–Trinajstić information content (AvgIpc) is 2.30. The predicted octanol–water partition coefficient (Wildman–Crippen LogP) is 2.30. The first-order chi connectivity index (χ1) is 7.85. The Hall–Kier alpha value is -0.510. The van der Waals surface area contributed by atoms with Crippen LogP contribution in [0, 0.1) is 0 Å². The molecule has 2 nitrogen and oxygen atoms in total. The van der Waals surface area contributed by atoms with Gasteiger partial charge in [0, 0.05) is 6.04 Å². The largest absolute Gasteiger partial charge is 0.271 e. The van der Waals surface area contributed by atoms with E-state index >= 15 is 0 Å². The zero-order valence-electron chi connectivity index (χ0n) is 9.78. The lowest BCUT2D eigenvalue weighted by Gasteiger charge is -2.32. The van der Waals surface area contributed by atoms with Gasteiger partial charge in [0.2, 0.25) is 0 Å². The van der Waals surface area contributed by atoms with Crippen molar-refractivity contribution in [2.24, 2.45) is 5.84 Å². The number of rotatable bonds is 6. The van der Waals surface area contributed by atoms with Gasteiger partial charge in [0.05, 0.1) is 0 Å². The quantitative estimate of drug-likeness (QED) is 0.588. The van der Waals surface area contributed by atoms with Gasteiger partial charge < -0.3 is 0 Å². The number of hydrogen-bond donors (Lipinski definition) is 2. The molecule has 1 aromatic rings. The van der Waals surface area contributed by atoms with Crippen LogP contribution in [0.5, 0.6) is 0 Å². The minimum atomic E-state index is 0.464. The van der Waals surface area contributed by atoms with Crippen molar-refractivity contribution in [3.05, 3.63) is 35.4 Å². The summed E-state index contributed by atoms with van der Waals surface area (Å²) >= 11 is 1.89. The molecule has 0 spiro atoms. The molecule has 0 amide bonds. The number of benzene rings is 1. The zero-order valence-corrected chi connectivity index (χ0v) is 10.6. The van der Waals surface area contributed by atoms with Gasteiger partial charge in [0.1, 0.15) is 0 Å². The van der Waals surface area contributed by atoms with Crippen LogP contribution >= 0.6 is 11.8 Å². The fraction of sp³-hybridized carbons (Fsp3) is 0.538. The summed E-state index contributed by atoms with van der Waals surface area (Å²) in [6.07, 6.45) is 5.71. The van der Waals surface area contributed by atoms with Gasteiger partial charge in [0.25, 0.3) is 0 Å². The highest BCUT2D eigenvalue weighted by atomic mass is 32.2. The molecular weight excluding hydrogens is 216 g/mol. The molecule has 3 heteroatoms. The summed E-state index contributed by atoms with van der Waals surface area (Å²) in [6, 6.07) is 9.22. The zero-order chi connectivity index (χ0) is 11.4. The third kappa shape index (κ3) is 2.59. The molecule has 0 saturated carbocycles. The number of fused-ring (bicyclic) bond motifs is 1. The summed E-state index contributed by atoms with van der Waals surface area (Å²) in [5.74, 6) is 7.51. The van der Waals surface area contributed by atoms with E-state index < -0.39 is 0 Å². The van der Waals surface area contributed by atoms with Crippen molar-refractivity contribution in [1.82, 2.24) is 5.43 Å². The van der Waals surface area contributed by atoms with Crippen LogP contribution in [0.15, 0.2) is 24.3 Å². The Morgan fingerprint density at radius 2 is 2.31 bits per heavy atom. The first kappa shape index (κ1) is 12.0. The maximum atomic E-state index is 5.60. The smallest absolute Gasteiger partial charge is 0.0224 e. The summed E-state index contributed by atoms with van der Waals surface area (Å²) in [4.78, 5) is 0. The molecule has 0 radical (unpaired) electrons. The first-order valence-electron chi connectivity index (χ1n) is 5.88. The molecular formula is C13H20N2S. The molecule has 0 aromatic heterocycles. The molecule has 2 atom stereocenters. The fourth-order valence-corrected chi connectivity index (χ4v) is 2.97. The van der Waals surface area contributed by atoms with E-state index in [-0.39, 0.29) is 0 Å². The first-order valence-corrected chi connectivity index (χ1v) is 7.27. The molecule has 0 bridgehead atoms. The second-order valence-electron chi connectivity index (χ2n) is 4.48. The van der Waals surface area contributed by atoms with Crippen molar-refractivity contribution in [2.45, 2.75) is 31.2 Å². The Labute approximate surface area is 102 Å².